The lowest BCUT2D eigenvalue weighted by molar-refractivity contribution is -0.384. The Morgan fingerprint density at radius 2 is 1.96 bits per heavy atom. The maximum Gasteiger partial charge on any atom is 0.269 e. The van der Waals surface area contributed by atoms with Crippen molar-refractivity contribution in [1.82, 2.24) is 13.9 Å². The van der Waals surface area contributed by atoms with Gasteiger partial charge in [0.25, 0.3) is 15.7 Å². The van der Waals surface area contributed by atoms with Crippen LogP contribution in [0.25, 0.3) is 0 Å². The third kappa shape index (κ3) is 3.36. The second-order valence-electron chi connectivity index (χ2n) is 6.39. The Kier molecular flexibility index (Phi) is 5.09. The first-order chi connectivity index (χ1) is 12.2. The number of thioether (sulfide) groups is 1. The van der Waals surface area contributed by atoms with Crippen LogP contribution in [0.5, 0.6) is 0 Å². The highest BCUT2D eigenvalue weighted by Gasteiger charge is 2.38. The molecule has 1 aromatic heterocycles. The normalized spacial score (nSPS) is 18.5. The number of imidazole rings is 1. The third-order valence-corrected chi connectivity index (χ3v) is 7.35. The Morgan fingerprint density at radius 1 is 1.31 bits per heavy atom. The summed E-state index contributed by atoms with van der Waals surface area (Å²) >= 11 is 1.50. The van der Waals surface area contributed by atoms with Crippen LogP contribution >= 0.6 is 11.8 Å². The summed E-state index contributed by atoms with van der Waals surface area (Å²) in [6.45, 7) is 4.30. The van der Waals surface area contributed by atoms with Crippen LogP contribution in [0, 0.1) is 10.1 Å². The quantitative estimate of drug-likeness (QED) is 0.569. The highest BCUT2D eigenvalue weighted by molar-refractivity contribution is 8.00. The molecule has 8 nitrogen and oxygen atoms in total. The molecule has 1 unspecified atom stereocenters. The molecule has 26 heavy (non-hydrogen) atoms. The van der Waals surface area contributed by atoms with Gasteiger partial charge in [0.2, 0.25) is 0 Å². The number of nitro benzene ring substituents is 1. The lowest BCUT2D eigenvalue weighted by Crippen LogP contribution is -2.30. The number of hydrogen-bond donors (Lipinski definition) is 0. The predicted octanol–water partition coefficient (Wildman–Crippen LogP) is 2.89. The van der Waals surface area contributed by atoms with E-state index >= 15 is 0 Å². The van der Waals surface area contributed by atoms with Gasteiger partial charge in [0.15, 0.2) is 5.03 Å². The monoisotopic (exact) mass is 396 g/mol. The van der Waals surface area contributed by atoms with Gasteiger partial charge in [-0.15, -0.1) is 11.8 Å². The molecule has 1 atom stereocenters. The second kappa shape index (κ2) is 7.01. The lowest BCUT2D eigenvalue weighted by atomic mass is 10.2. The fraction of sp³-hybridized carbons (Fsp3) is 0.438. The van der Waals surface area contributed by atoms with E-state index in [1.807, 2.05) is 13.8 Å². The van der Waals surface area contributed by atoms with Crippen molar-refractivity contribution in [2.45, 2.75) is 30.2 Å². The van der Waals surface area contributed by atoms with Gasteiger partial charge >= 0.3 is 0 Å². The van der Waals surface area contributed by atoms with Crippen LogP contribution in [-0.2, 0) is 17.1 Å². The molecule has 1 aliphatic heterocycles. The SMILES string of the molecule is CC(C)c1nc(S(=O)(=O)N2CCSC2c2ccc([N+](=O)[O-])cc2)cn1C. The number of hydrogen-bond acceptors (Lipinski definition) is 6. The van der Waals surface area contributed by atoms with E-state index in [0.29, 0.717) is 18.1 Å². The fourth-order valence-corrected chi connectivity index (χ4v) is 6.19. The van der Waals surface area contributed by atoms with Gasteiger partial charge in [-0.2, -0.15) is 4.31 Å². The van der Waals surface area contributed by atoms with Crippen LogP contribution in [0.4, 0.5) is 5.69 Å². The molecule has 3 rings (SSSR count). The van der Waals surface area contributed by atoms with Crippen molar-refractivity contribution in [1.29, 1.82) is 0 Å². The molecule has 140 valence electrons. The molecule has 0 saturated carbocycles. The van der Waals surface area contributed by atoms with Crippen molar-refractivity contribution in [2.75, 3.05) is 12.3 Å². The molecule has 2 aromatic rings. The van der Waals surface area contributed by atoms with E-state index in [-0.39, 0.29) is 16.6 Å². The van der Waals surface area contributed by atoms with Gasteiger partial charge in [-0.25, -0.2) is 13.4 Å². The van der Waals surface area contributed by atoms with E-state index in [2.05, 4.69) is 4.98 Å². The summed E-state index contributed by atoms with van der Waals surface area (Å²) in [7, 11) is -1.97. The zero-order chi connectivity index (χ0) is 19.1. The van der Waals surface area contributed by atoms with Crippen LogP contribution in [0.2, 0.25) is 0 Å². The summed E-state index contributed by atoms with van der Waals surface area (Å²) in [5.74, 6) is 1.48. The Morgan fingerprint density at radius 3 is 2.50 bits per heavy atom. The van der Waals surface area contributed by atoms with Gasteiger partial charge in [0, 0.05) is 43.6 Å². The highest BCUT2D eigenvalue weighted by Crippen LogP contribution is 2.41. The van der Waals surface area contributed by atoms with Crippen LogP contribution in [0.1, 0.15) is 36.5 Å². The molecular formula is C16H20N4O4S2. The van der Waals surface area contributed by atoms with Crippen LogP contribution in [-0.4, -0.2) is 39.5 Å². The van der Waals surface area contributed by atoms with Crippen molar-refractivity contribution >= 4 is 27.5 Å². The third-order valence-electron chi connectivity index (χ3n) is 4.22. The molecule has 1 saturated heterocycles. The summed E-state index contributed by atoms with van der Waals surface area (Å²) in [5.41, 5.74) is 0.708. The minimum absolute atomic E-state index is 0.0162. The highest BCUT2D eigenvalue weighted by atomic mass is 32.2. The van der Waals surface area contributed by atoms with Crippen molar-refractivity contribution in [3.63, 3.8) is 0 Å². The maximum absolute atomic E-state index is 13.1. The number of sulfonamides is 1. The van der Waals surface area contributed by atoms with Gasteiger partial charge in [-0.1, -0.05) is 13.8 Å². The number of nitrogens with zero attached hydrogens (tertiary/aromatic N) is 4. The molecule has 0 bridgehead atoms. The predicted molar refractivity (Wildman–Crippen MR) is 99.5 cm³/mol. The minimum atomic E-state index is -3.75. The van der Waals surface area contributed by atoms with E-state index < -0.39 is 20.3 Å². The molecule has 1 aliphatic rings. The van der Waals surface area contributed by atoms with E-state index in [9.17, 15) is 18.5 Å². The molecule has 2 heterocycles. The molecule has 0 spiro atoms. The first kappa shape index (κ1) is 18.9. The molecular weight excluding hydrogens is 376 g/mol. The van der Waals surface area contributed by atoms with Crippen molar-refractivity contribution in [3.05, 3.63) is 52.0 Å². The zero-order valence-electron chi connectivity index (χ0n) is 14.7. The Hall–Kier alpha value is -1.91. The molecule has 10 heteroatoms. The number of benzene rings is 1. The van der Waals surface area contributed by atoms with E-state index in [1.54, 1.807) is 29.9 Å². The number of aryl methyl sites for hydroxylation is 1. The topological polar surface area (TPSA) is 98.3 Å². The summed E-state index contributed by atoms with van der Waals surface area (Å²) in [6, 6.07) is 6.02. The summed E-state index contributed by atoms with van der Waals surface area (Å²) in [6.07, 6.45) is 1.54. The van der Waals surface area contributed by atoms with E-state index in [1.165, 1.54) is 28.2 Å². The van der Waals surface area contributed by atoms with Gasteiger partial charge in [-0.05, 0) is 17.7 Å². The lowest BCUT2D eigenvalue weighted by Gasteiger charge is -2.22. The zero-order valence-corrected chi connectivity index (χ0v) is 16.3. The molecule has 0 amide bonds. The summed E-state index contributed by atoms with van der Waals surface area (Å²) in [4.78, 5) is 14.7. The summed E-state index contributed by atoms with van der Waals surface area (Å²) in [5, 5.41) is 10.4. The number of non-ortho nitro benzene ring substituents is 1. The molecule has 0 radical (unpaired) electrons. The van der Waals surface area contributed by atoms with E-state index in [4.69, 9.17) is 0 Å². The van der Waals surface area contributed by atoms with Crippen molar-refractivity contribution in [2.24, 2.45) is 7.05 Å². The maximum atomic E-state index is 13.1. The largest absolute Gasteiger partial charge is 0.336 e. The van der Waals surface area contributed by atoms with E-state index in [0.717, 1.165) is 5.56 Å². The second-order valence-corrected chi connectivity index (χ2v) is 9.42. The first-order valence-corrected chi connectivity index (χ1v) is 10.6. The molecule has 0 aliphatic carbocycles. The number of rotatable bonds is 5. The Labute approximate surface area is 156 Å². The van der Waals surface area contributed by atoms with Crippen molar-refractivity contribution < 1.29 is 13.3 Å². The number of nitro groups is 1. The standard InChI is InChI=1S/C16H20N4O4S2/c1-11(2)15-17-14(10-18(15)3)26(23,24)19-8-9-25-16(19)12-4-6-13(7-5-12)20(21)22/h4-7,10-11,16H,8-9H2,1-3H3. The van der Waals surface area contributed by atoms with Gasteiger partial charge in [-0.3, -0.25) is 10.1 Å². The van der Waals surface area contributed by atoms with Crippen LogP contribution in [0.15, 0.2) is 35.5 Å². The smallest absolute Gasteiger partial charge is 0.269 e. The minimum Gasteiger partial charge on any atom is -0.336 e. The molecule has 1 aromatic carbocycles. The molecule has 1 fully saturated rings. The first-order valence-electron chi connectivity index (χ1n) is 8.13. The van der Waals surface area contributed by atoms with Crippen LogP contribution < -0.4 is 0 Å². The summed E-state index contributed by atoms with van der Waals surface area (Å²) < 4.78 is 29.4. The average molecular weight is 396 g/mol. The fourth-order valence-electron chi connectivity index (χ4n) is 2.96. The van der Waals surface area contributed by atoms with Gasteiger partial charge < -0.3 is 4.57 Å². The Bertz CT molecular complexity index is 922. The van der Waals surface area contributed by atoms with Gasteiger partial charge in [0.05, 0.1) is 10.3 Å². The Balaban J connectivity index is 1.93. The van der Waals surface area contributed by atoms with Gasteiger partial charge in [0.1, 0.15) is 5.82 Å². The number of aromatic nitrogens is 2. The van der Waals surface area contributed by atoms with Crippen LogP contribution in [0.3, 0.4) is 0 Å². The van der Waals surface area contributed by atoms with Crippen molar-refractivity contribution in [3.8, 4) is 0 Å². The average Bonchev–Trinajstić information content (AvgIpc) is 3.22. The molecule has 0 N–H and O–H groups in total.